The third kappa shape index (κ3) is 19.3. The molecule has 0 saturated carbocycles. The molecular formula is C14H28Cu2N2S4+2. The van der Waals surface area contributed by atoms with Gasteiger partial charge in [-0.2, -0.15) is 0 Å². The summed E-state index contributed by atoms with van der Waals surface area (Å²) in [7, 11) is 0. The van der Waals surface area contributed by atoms with Gasteiger partial charge < -0.3 is 59.5 Å². The summed E-state index contributed by atoms with van der Waals surface area (Å²) < 4.78 is 1.21. The van der Waals surface area contributed by atoms with E-state index < -0.39 is 0 Å². The van der Waals surface area contributed by atoms with Crippen molar-refractivity contribution in [1.29, 1.82) is 0 Å². The first-order chi connectivity index (χ1) is 9.44. The summed E-state index contributed by atoms with van der Waals surface area (Å²) in [6, 6.07) is 0. The molecule has 0 saturated heterocycles. The van der Waals surface area contributed by atoms with Crippen LogP contribution in [0.3, 0.4) is 0 Å². The topological polar surface area (TPSA) is 6.48 Å². The number of nitrogens with zero attached hydrogens (tertiary/aromatic N) is 2. The summed E-state index contributed by atoms with van der Waals surface area (Å²) in [6.07, 6.45) is 4.81. The Hall–Kier alpha value is 1.26. The molecule has 0 aliphatic carbocycles. The SMILES string of the molecule is CCCCN(CCCC)C(=S)[S-].CCN(CC)C(=S)[S-].[Cu+2].[Cu+2]. The maximum atomic E-state index is 4.98. The van der Waals surface area contributed by atoms with Crippen molar-refractivity contribution in [1.82, 2.24) is 9.80 Å². The summed E-state index contributed by atoms with van der Waals surface area (Å²) in [5, 5.41) is 0. The van der Waals surface area contributed by atoms with Crippen LogP contribution in [-0.4, -0.2) is 44.6 Å². The smallest absolute Gasteiger partial charge is 0.411 e. The summed E-state index contributed by atoms with van der Waals surface area (Å²) in [4.78, 5) is 4.10. The van der Waals surface area contributed by atoms with Crippen LogP contribution in [0, 0.1) is 0 Å². The van der Waals surface area contributed by atoms with Gasteiger partial charge in [0.05, 0.1) is 0 Å². The molecule has 0 atom stereocenters. The zero-order valence-corrected chi connectivity index (χ0v) is 18.9. The van der Waals surface area contributed by atoms with Crippen LogP contribution >= 0.6 is 24.4 Å². The molecule has 0 aromatic carbocycles. The van der Waals surface area contributed by atoms with Gasteiger partial charge in [-0.05, 0) is 26.7 Å². The average molecular weight is 480 g/mol. The Bertz CT molecular complexity index is 257. The van der Waals surface area contributed by atoms with Crippen LogP contribution in [0.5, 0.6) is 0 Å². The number of hydrogen-bond acceptors (Lipinski definition) is 4. The van der Waals surface area contributed by atoms with E-state index in [2.05, 4.69) is 18.7 Å². The summed E-state index contributed by atoms with van der Waals surface area (Å²) in [6.45, 7) is 12.4. The monoisotopic (exact) mass is 478 g/mol. The van der Waals surface area contributed by atoms with Gasteiger partial charge in [0, 0.05) is 26.2 Å². The van der Waals surface area contributed by atoms with Gasteiger partial charge in [-0.3, -0.25) is 0 Å². The molecule has 0 N–H and O–H groups in total. The predicted octanol–water partition coefficient (Wildman–Crippen LogP) is 3.88. The number of unbranched alkanes of at least 4 members (excludes halogenated alkanes) is 2. The van der Waals surface area contributed by atoms with Crippen molar-refractivity contribution in [3.05, 3.63) is 0 Å². The van der Waals surface area contributed by atoms with Gasteiger partial charge in [0.2, 0.25) is 0 Å². The fourth-order valence-corrected chi connectivity index (χ4v) is 2.36. The van der Waals surface area contributed by atoms with E-state index in [1.807, 2.05) is 18.7 Å². The van der Waals surface area contributed by atoms with Crippen LogP contribution in [0.4, 0.5) is 0 Å². The first kappa shape index (κ1) is 31.1. The van der Waals surface area contributed by atoms with E-state index in [0.717, 1.165) is 26.2 Å². The van der Waals surface area contributed by atoms with E-state index >= 15 is 0 Å². The Morgan fingerprint density at radius 1 is 0.727 bits per heavy atom. The van der Waals surface area contributed by atoms with Crippen molar-refractivity contribution in [2.24, 2.45) is 0 Å². The van der Waals surface area contributed by atoms with Crippen molar-refractivity contribution in [3.63, 3.8) is 0 Å². The largest absolute Gasteiger partial charge is 2.00 e. The summed E-state index contributed by atoms with van der Waals surface area (Å²) in [5.41, 5.74) is 0. The van der Waals surface area contributed by atoms with Crippen LogP contribution in [0.1, 0.15) is 53.4 Å². The molecule has 22 heavy (non-hydrogen) atoms. The second kappa shape index (κ2) is 22.3. The van der Waals surface area contributed by atoms with Gasteiger partial charge in [0.25, 0.3) is 0 Å². The second-order valence-corrected chi connectivity index (χ2v) is 6.46. The van der Waals surface area contributed by atoms with Gasteiger partial charge in [0.1, 0.15) is 0 Å². The molecule has 0 spiro atoms. The first-order valence-electron chi connectivity index (χ1n) is 7.36. The number of hydrogen-bond donors (Lipinski definition) is 0. The van der Waals surface area contributed by atoms with Gasteiger partial charge in [0.15, 0.2) is 0 Å². The Balaban J connectivity index is -0.000000144. The molecule has 0 aromatic rings. The molecule has 0 bridgehead atoms. The van der Waals surface area contributed by atoms with E-state index in [1.54, 1.807) is 0 Å². The Kier molecular flexibility index (Phi) is 31.4. The quantitative estimate of drug-likeness (QED) is 0.294. The van der Waals surface area contributed by atoms with E-state index in [-0.39, 0.29) is 34.1 Å². The third-order valence-corrected chi connectivity index (χ3v) is 3.88. The molecule has 2 nitrogen and oxygen atoms in total. The van der Waals surface area contributed by atoms with E-state index in [4.69, 9.17) is 49.7 Å². The Morgan fingerprint density at radius 3 is 1.18 bits per heavy atom. The first-order valence-corrected chi connectivity index (χ1v) is 8.99. The van der Waals surface area contributed by atoms with Gasteiger partial charge in [-0.1, -0.05) is 35.3 Å². The number of rotatable bonds is 8. The predicted molar refractivity (Wildman–Crippen MR) is 104 cm³/mol. The maximum Gasteiger partial charge on any atom is 2.00 e. The van der Waals surface area contributed by atoms with E-state index in [1.165, 1.54) is 25.7 Å². The normalized spacial score (nSPS) is 8.55. The molecule has 0 heterocycles. The molecule has 0 aliphatic heterocycles. The number of thiocarbonyl (C=S) groups is 2. The minimum absolute atomic E-state index is 0. The summed E-state index contributed by atoms with van der Waals surface area (Å²) >= 11 is 19.5. The van der Waals surface area contributed by atoms with Crippen LogP contribution in [-0.2, 0) is 59.4 Å². The zero-order valence-electron chi connectivity index (χ0n) is 13.8. The minimum Gasteiger partial charge on any atom is -0.411 e. The standard InChI is InChI=1S/C9H19NS2.C5H11NS2.2Cu/c1-3-5-7-10(9(11)12)8-6-4-2;1-3-6(4-2)5(7)8;;/h3-8H2,1-2H3,(H,11,12);3-4H2,1-2H3,(H,7,8);;/q;;2*+2/p-2. The minimum atomic E-state index is 0. The molecule has 2 radical (unpaired) electrons. The van der Waals surface area contributed by atoms with Crippen LogP contribution in [0.2, 0.25) is 0 Å². The summed E-state index contributed by atoms with van der Waals surface area (Å²) in [5.74, 6) is 0. The molecule has 0 aliphatic rings. The van der Waals surface area contributed by atoms with Crippen molar-refractivity contribution >= 4 is 58.3 Å². The van der Waals surface area contributed by atoms with Crippen LogP contribution < -0.4 is 0 Å². The van der Waals surface area contributed by atoms with E-state index in [0.29, 0.717) is 8.64 Å². The van der Waals surface area contributed by atoms with Crippen molar-refractivity contribution in [2.75, 3.05) is 26.2 Å². The Morgan fingerprint density at radius 2 is 1.05 bits per heavy atom. The van der Waals surface area contributed by atoms with Gasteiger partial charge in [-0.15, -0.1) is 0 Å². The molecule has 0 amide bonds. The maximum absolute atomic E-state index is 4.98. The van der Waals surface area contributed by atoms with Crippen molar-refractivity contribution in [3.8, 4) is 0 Å². The molecule has 8 heteroatoms. The van der Waals surface area contributed by atoms with Crippen molar-refractivity contribution < 1.29 is 34.1 Å². The molecule has 0 aromatic heterocycles. The van der Waals surface area contributed by atoms with E-state index in [9.17, 15) is 0 Å². The van der Waals surface area contributed by atoms with Crippen molar-refractivity contribution in [2.45, 2.75) is 53.4 Å². The molecule has 0 rings (SSSR count). The molecule has 138 valence electrons. The van der Waals surface area contributed by atoms with Gasteiger partial charge in [-0.25, -0.2) is 0 Å². The van der Waals surface area contributed by atoms with Gasteiger partial charge >= 0.3 is 34.1 Å². The fraction of sp³-hybridized carbons (Fsp3) is 0.857. The fourth-order valence-electron chi connectivity index (χ4n) is 1.47. The molecule has 0 fully saturated rings. The molecular weight excluding hydrogens is 452 g/mol. The Labute approximate surface area is 180 Å². The van der Waals surface area contributed by atoms with Crippen LogP contribution in [0.25, 0.3) is 0 Å². The average Bonchev–Trinajstić information content (AvgIpc) is 2.40. The molecule has 0 unspecified atom stereocenters. The second-order valence-electron chi connectivity index (χ2n) is 4.40. The zero-order chi connectivity index (χ0) is 16.0. The van der Waals surface area contributed by atoms with Crippen LogP contribution in [0.15, 0.2) is 0 Å². The third-order valence-electron chi connectivity index (χ3n) is 2.84.